The van der Waals surface area contributed by atoms with Gasteiger partial charge in [0.25, 0.3) is 0 Å². The van der Waals surface area contributed by atoms with E-state index in [9.17, 15) is 4.39 Å². The van der Waals surface area contributed by atoms with E-state index in [1.807, 2.05) is 12.1 Å². The van der Waals surface area contributed by atoms with Crippen LogP contribution in [0.1, 0.15) is 20.8 Å². The van der Waals surface area contributed by atoms with E-state index in [4.69, 9.17) is 0 Å². The fraction of sp³-hybridized carbons (Fsp3) is 0.471. The summed E-state index contributed by atoms with van der Waals surface area (Å²) in [6.45, 7) is 9.52. The molecule has 1 saturated heterocycles. The zero-order valence-corrected chi connectivity index (χ0v) is 14.3. The van der Waals surface area contributed by atoms with Gasteiger partial charge in [0.05, 0.1) is 6.20 Å². The lowest BCUT2D eigenvalue weighted by Gasteiger charge is -2.36. The number of benzene rings is 1. The van der Waals surface area contributed by atoms with Crippen LogP contribution in [0, 0.1) is 5.82 Å². The molecule has 128 valence electrons. The van der Waals surface area contributed by atoms with E-state index in [2.05, 4.69) is 51.1 Å². The highest BCUT2D eigenvalue weighted by molar-refractivity contribution is 5.49. The molecule has 0 saturated carbocycles. The van der Waals surface area contributed by atoms with Gasteiger partial charge in [-0.25, -0.2) is 4.39 Å². The van der Waals surface area contributed by atoms with Crippen LogP contribution in [0.4, 0.5) is 21.8 Å². The topological polar surface area (TPSA) is 57.2 Å². The van der Waals surface area contributed by atoms with Crippen molar-refractivity contribution in [1.82, 2.24) is 15.2 Å². The first kappa shape index (κ1) is 16.4. The maximum Gasteiger partial charge on any atom is 0.247 e. The smallest absolute Gasteiger partial charge is 0.247 e. The number of anilines is 3. The lowest BCUT2D eigenvalue weighted by molar-refractivity contribution is 0.617. The van der Waals surface area contributed by atoms with Crippen LogP contribution in [-0.2, 0) is 0 Å². The highest BCUT2D eigenvalue weighted by Gasteiger charge is 2.20. The Morgan fingerprint density at radius 2 is 1.62 bits per heavy atom. The van der Waals surface area contributed by atoms with Gasteiger partial charge in [0.2, 0.25) is 5.95 Å². The zero-order valence-electron chi connectivity index (χ0n) is 14.3. The highest BCUT2D eigenvalue weighted by atomic mass is 19.1. The normalized spacial score (nSPS) is 15.5. The van der Waals surface area contributed by atoms with Gasteiger partial charge in [-0.3, -0.25) is 0 Å². The lowest BCUT2D eigenvalue weighted by atomic mass is 10.1. The Balaban J connectivity index is 1.64. The third kappa shape index (κ3) is 4.10. The molecule has 2 aromatic rings. The van der Waals surface area contributed by atoms with Gasteiger partial charge >= 0.3 is 0 Å². The summed E-state index contributed by atoms with van der Waals surface area (Å²) in [4.78, 5) is 8.93. The van der Waals surface area contributed by atoms with Crippen LogP contribution in [0.2, 0.25) is 0 Å². The zero-order chi connectivity index (χ0) is 17.2. The molecule has 24 heavy (non-hydrogen) atoms. The van der Waals surface area contributed by atoms with E-state index in [1.54, 1.807) is 6.20 Å². The summed E-state index contributed by atoms with van der Waals surface area (Å²) in [5.41, 5.74) is 0.965. The molecule has 0 spiro atoms. The SMILES string of the molecule is CC(C)(C)Nc1cnnc(N2CCN(c3ccc(F)cc3)CC2)n1. The van der Waals surface area contributed by atoms with Crippen LogP contribution in [-0.4, -0.2) is 46.9 Å². The van der Waals surface area contributed by atoms with E-state index in [1.165, 1.54) is 12.1 Å². The minimum atomic E-state index is -0.208. The number of nitrogens with zero attached hydrogens (tertiary/aromatic N) is 5. The molecule has 0 radical (unpaired) electrons. The summed E-state index contributed by atoms with van der Waals surface area (Å²) in [6.07, 6.45) is 1.64. The van der Waals surface area contributed by atoms with Gasteiger partial charge in [-0.05, 0) is 45.0 Å². The summed E-state index contributed by atoms with van der Waals surface area (Å²) >= 11 is 0. The third-order valence-corrected chi connectivity index (χ3v) is 3.81. The molecule has 1 aliphatic rings. The first-order valence-corrected chi connectivity index (χ1v) is 8.14. The summed E-state index contributed by atoms with van der Waals surface area (Å²) in [7, 11) is 0. The number of nitrogens with one attached hydrogen (secondary N) is 1. The van der Waals surface area contributed by atoms with Gasteiger partial charge in [-0.1, -0.05) is 0 Å². The largest absolute Gasteiger partial charge is 0.368 e. The molecule has 7 heteroatoms. The predicted molar refractivity (Wildman–Crippen MR) is 94.0 cm³/mol. The Morgan fingerprint density at radius 3 is 2.25 bits per heavy atom. The molecule has 2 heterocycles. The van der Waals surface area contributed by atoms with Crippen molar-refractivity contribution in [1.29, 1.82) is 0 Å². The van der Waals surface area contributed by atoms with Crippen LogP contribution in [0.5, 0.6) is 0 Å². The van der Waals surface area contributed by atoms with Crippen LogP contribution in [0.3, 0.4) is 0 Å². The maximum absolute atomic E-state index is 13.0. The number of hydrogen-bond acceptors (Lipinski definition) is 6. The van der Waals surface area contributed by atoms with E-state index in [0.717, 1.165) is 37.7 Å². The predicted octanol–water partition coefficient (Wildman–Crippen LogP) is 2.55. The molecule has 0 atom stereocenters. The Hall–Kier alpha value is -2.44. The summed E-state index contributed by atoms with van der Waals surface area (Å²) < 4.78 is 13.0. The second kappa shape index (κ2) is 6.59. The molecule has 1 N–H and O–H groups in total. The fourth-order valence-corrected chi connectivity index (χ4v) is 2.69. The maximum atomic E-state index is 13.0. The summed E-state index contributed by atoms with van der Waals surface area (Å²) in [6, 6.07) is 6.63. The molecular formula is C17H23FN6. The first-order valence-electron chi connectivity index (χ1n) is 8.14. The van der Waals surface area contributed by atoms with Crippen molar-refractivity contribution in [3.05, 3.63) is 36.3 Å². The Labute approximate surface area is 141 Å². The summed E-state index contributed by atoms with van der Waals surface area (Å²) in [5.74, 6) is 1.16. The molecule has 3 rings (SSSR count). The van der Waals surface area contributed by atoms with Gasteiger partial charge in [-0.2, -0.15) is 10.1 Å². The van der Waals surface area contributed by atoms with Crippen molar-refractivity contribution in [3.63, 3.8) is 0 Å². The minimum absolute atomic E-state index is 0.0748. The molecule has 6 nitrogen and oxygen atoms in total. The molecular weight excluding hydrogens is 307 g/mol. The average molecular weight is 330 g/mol. The number of halogens is 1. The van der Waals surface area contributed by atoms with Gasteiger partial charge in [0.1, 0.15) is 5.82 Å². The lowest BCUT2D eigenvalue weighted by Crippen LogP contribution is -2.47. The van der Waals surface area contributed by atoms with Crippen LogP contribution in [0.15, 0.2) is 30.5 Å². The van der Waals surface area contributed by atoms with Crippen LogP contribution in [0.25, 0.3) is 0 Å². The van der Waals surface area contributed by atoms with E-state index < -0.39 is 0 Å². The van der Waals surface area contributed by atoms with Crippen molar-refractivity contribution in [3.8, 4) is 0 Å². The Bertz CT molecular complexity index is 674. The van der Waals surface area contributed by atoms with E-state index in [-0.39, 0.29) is 11.4 Å². The summed E-state index contributed by atoms with van der Waals surface area (Å²) in [5, 5.41) is 11.5. The Morgan fingerprint density at radius 1 is 1.00 bits per heavy atom. The van der Waals surface area contributed by atoms with Crippen molar-refractivity contribution >= 4 is 17.5 Å². The fourth-order valence-electron chi connectivity index (χ4n) is 2.69. The molecule has 0 amide bonds. The molecule has 0 bridgehead atoms. The van der Waals surface area contributed by atoms with Crippen molar-refractivity contribution in [2.75, 3.05) is 41.3 Å². The molecule has 1 fully saturated rings. The van der Waals surface area contributed by atoms with Gasteiger partial charge in [-0.15, -0.1) is 5.10 Å². The van der Waals surface area contributed by atoms with Gasteiger partial charge in [0.15, 0.2) is 5.82 Å². The number of piperazine rings is 1. The first-order chi connectivity index (χ1) is 11.4. The van der Waals surface area contributed by atoms with Crippen molar-refractivity contribution in [2.24, 2.45) is 0 Å². The monoisotopic (exact) mass is 330 g/mol. The average Bonchev–Trinajstić information content (AvgIpc) is 2.54. The van der Waals surface area contributed by atoms with E-state index >= 15 is 0 Å². The van der Waals surface area contributed by atoms with Crippen LogP contribution < -0.4 is 15.1 Å². The number of hydrogen-bond donors (Lipinski definition) is 1. The highest BCUT2D eigenvalue weighted by Crippen LogP contribution is 2.19. The van der Waals surface area contributed by atoms with Crippen molar-refractivity contribution < 1.29 is 4.39 Å². The Kier molecular flexibility index (Phi) is 4.51. The van der Waals surface area contributed by atoms with Gasteiger partial charge < -0.3 is 15.1 Å². The third-order valence-electron chi connectivity index (χ3n) is 3.81. The second-order valence-corrected chi connectivity index (χ2v) is 6.97. The van der Waals surface area contributed by atoms with Gasteiger partial charge in [0, 0.05) is 37.4 Å². The minimum Gasteiger partial charge on any atom is -0.368 e. The number of aromatic nitrogens is 3. The van der Waals surface area contributed by atoms with Crippen LogP contribution >= 0.6 is 0 Å². The standard InChI is InChI=1S/C17H23FN6/c1-17(2,3)21-15-12-19-22-16(20-15)24-10-8-23(9-11-24)14-6-4-13(18)5-7-14/h4-7,12H,8-11H2,1-3H3,(H,20,21,22). The molecule has 1 aliphatic heterocycles. The van der Waals surface area contributed by atoms with Crippen molar-refractivity contribution in [2.45, 2.75) is 26.3 Å². The molecule has 1 aromatic carbocycles. The second-order valence-electron chi connectivity index (χ2n) is 6.97. The quantitative estimate of drug-likeness (QED) is 0.933. The molecule has 0 unspecified atom stereocenters. The molecule has 1 aromatic heterocycles. The molecule has 0 aliphatic carbocycles. The van der Waals surface area contributed by atoms with E-state index in [0.29, 0.717) is 5.95 Å². The number of rotatable bonds is 3.